The van der Waals surface area contributed by atoms with Gasteiger partial charge in [0.2, 0.25) is 0 Å². The highest BCUT2D eigenvalue weighted by molar-refractivity contribution is 6.05. The van der Waals surface area contributed by atoms with Crippen LogP contribution in [-0.2, 0) is 6.42 Å². The SMILES string of the molecule is Cc1c(C(=O)O)ccc2c1C(=O)C(C)C2. The van der Waals surface area contributed by atoms with E-state index in [0.717, 1.165) is 12.0 Å². The molecule has 0 aromatic heterocycles. The summed E-state index contributed by atoms with van der Waals surface area (Å²) < 4.78 is 0. The Morgan fingerprint density at radius 1 is 1.47 bits per heavy atom. The Bertz CT molecular complexity index is 460. The molecule has 0 amide bonds. The van der Waals surface area contributed by atoms with E-state index in [1.54, 1.807) is 19.1 Å². The smallest absolute Gasteiger partial charge is 0.335 e. The molecule has 0 bridgehead atoms. The van der Waals surface area contributed by atoms with Gasteiger partial charge in [-0.2, -0.15) is 0 Å². The van der Waals surface area contributed by atoms with Crippen LogP contribution in [-0.4, -0.2) is 16.9 Å². The molecular weight excluding hydrogens is 192 g/mol. The minimum Gasteiger partial charge on any atom is -0.478 e. The third-order valence-electron chi connectivity index (χ3n) is 3.00. The topological polar surface area (TPSA) is 54.4 Å². The van der Waals surface area contributed by atoms with Crippen molar-refractivity contribution in [1.29, 1.82) is 0 Å². The molecule has 1 unspecified atom stereocenters. The number of carboxylic acid groups (broad SMARTS) is 1. The van der Waals surface area contributed by atoms with Crippen LogP contribution < -0.4 is 0 Å². The summed E-state index contributed by atoms with van der Waals surface area (Å²) in [6, 6.07) is 3.34. The van der Waals surface area contributed by atoms with E-state index in [2.05, 4.69) is 0 Å². The largest absolute Gasteiger partial charge is 0.478 e. The highest BCUT2D eigenvalue weighted by atomic mass is 16.4. The summed E-state index contributed by atoms with van der Waals surface area (Å²) in [6.45, 7) is 3.58. The molecule has 0 fully saturated rings. The molecule has 0 saturated carbocycles. The maximum absolute atomic E-state index is 11.8. The number of ketones is 1. The molecule has 1 aliphatic rings. The van der Waals surface area contributed by atoms with Crippen molar-refractivity contribution in [3.05, 3.63) is 34.4 Å². The molecule has 78 valence electrons. The Hall–Kier alpha value is -1.64. The monoisotopic (exact) mass is 204 g/mol. The van der Waals surface area contributed by atoms with E-state index >= 15 is 0 Å². The molecule has 15 heavy (non-hydrogen) atoms. The summed E-state index contributed by atoms with van der Waals surface area (Å²) in [7, 11) is 0. The minimum atomic E-state index is -0.970. The summed E-state index contributed by atoms with van der Waals surface area (Å²) in [5.41, 5.74) is 2.45. The molecule has 0 radical (unpaired) electrons. The summed E-state index contributed by atoms with van der Waals surface area (Å²) in [5.74, 6) is -0.906. The third kappa shape index (κ3) is 1.35. The second-order valence-corrected chi connectivity index (χ2v) is 4.05. The zero-order valence-corrected chi connectivity index (χ0v) is 8.70. The maximum Gasteiger partial charge on any atom is 0.335 e. The van der Waals surface area contributed by atoms with E-state index < -0.39 is 5.97 Å². The predicted octanol–water partition coefficient (Wildman–Crippen LogP) is 2.07. The number of carboxylic acids is 1. The van der Waals surface area contributed by atoms with Gasteiger partial charge in [-0.15, -0.1) is 0 Å². The number of carbonyl (C=O) groups is 2. The van der Waals surface area contributed by atoms with Crippen molar-refractivity contribution in [1.82, 2.24) is 0 Å². The third-order valence-corrected chi connectivity index (χ3v) is 3.00. The van der Waals surface area contributed by atoms with E-state index in [1.165, 1.54) is 0 Å². The Morgan fingerprint density at radius 2 is 2.13 bits per heavy atom. The lowest BCUT2D eigenvalue weighted by atomic mass is 9.98. The Kier molecular flexibility index (Phi) is 2.11. The van der Waals surface area contributed by atoms with Gasteiger partial charge in [0.15, 0.2) is 5.78 Å². The lowest BCUT2D eigenvalue weighted by molar-refractivity contribution is 0.0696. The number of aromatic carboxylic acids is 1. The quantitative estimate of drug-likeness (QED) is 0.761. The van der Waals surface area contributed by atoms with Crippen molar-refractivity contribution in [2.24, 2.45) is 5.92 Å². The fourth-order valence-electron chi connectivity index (χ4n) is 2.18. The first-order valence-corrected chi connectivity index (χ1v) is 4.92. The molecule has 0 aliphatic heterocycles. The van der Waals surface area contributed by atoms with Crippen molar-refractivity contribution in [2.75, 3.05) is 0 Å². The number of hydrogen-bond donors (Lipinski definition) is 1. The zero-order chi connectivity index (χ0) is 11.2. The molecule has 1 aliphatic carbocycles. The normalized spacial score (nSPS) is 19.1. The molecule has 3 heteroatoms. The average molecular weight is 204 g/mol. The first-order valence-electron chi connectivity index (χ1n) is 4.92. The van der Waals surface area contributed by atoms with Crippen molar-refractivity contribution < 1.29 is 14.7 Å². The number of fused-ring (bicyclic) bond motifs is 1. The summed E-state index contributed by atoms with van der Waals surface area (Å²) in [4.78, 5) is 22.7. The Morgan fingerprint density at radius 3 is 2.73 bits per heavy atom. The van der Waals surface area contributed by atoms with Gasteiger partial charge in [0.25, 0.3) is 0 Å². The number of Topliss-reactive ketones (excluding diaryl/α,β-unsaturated/α-hetero) is 1. The number of hydrogen-bond acceptors (Lipinski definition) is 2. The van der Waals surface area contributed by atoms with Gasteiger partial charge in [-0.25, -0.2) is 4.79 Å². The van der Waals surface area contributed by atoms with Crippen LogP contribution in [0.15, 0.2) is 12.1 Å². The van der Waals surface area contributed by atoms with Gasteiger partial charge in [-0.05, 0) is 30.5 Å². The molecule has 2 rings (SSSR count). The lowest BCUT2D eigenvalue weighted by Gasteiger charge is -2.06. The van der Waals surface area contributed by atoms with Crippen LogP contribution in [0.4, 0.5) is 0 Å². The lowest BCUT2D eigenvalue weighted by Crippen LogP contribution is -2.08. The van der Waals surface area contributed by atoms with Gasteiger partial charge in [-0.1, -0.05) is 13.0 Å². The first-order chi connectivity index (χ1) is 7.02. The standard InChI is InChI=1S/C12H12O3/c1-6-5-8-3-4-9(12(14)15)7(2)10(8)11(6)13/h3-4,6H,5H2,1-2H3,(H,14,15). The fraction of sp³-hybridized carbons (Fsp3) is 0.333. The molecule has 0 heterocycles. The number of rotatable bonds is 1. The van der Waals surface area contributed by atoms with Gasteiger partial charge in [0.05, 0.1) is 5.56 Å². The molecule has 1 aromatic carbocycles. The number of benzene rings is 1. The zero-order valence-electron chi connectivity index (χ0n) is 8.70. The van der Waals surface area contributed by atoms with E-state index in [0.29, 0.717) is 11.1 Å². The van der Waals surface area contributed by atoms with Gasteiger partial charge in [0.1, 0.15) is 0 Å². The highest BCUT2D eigenvalue weighted by Crippen LogP contribution is 2.30. The Labute approximate surface area is 87.7 Å². The summed E-state index contributed by atoms with van der Waals surface area (Å²) in [5, 5.41) is 8.94. The second-order valence-electron chi connectivity index (χ2n) is 4.05. The van der Waals surface area contributed by atoms with Gasteiger partial charge >= 0.3 is 5.97 Å². The van der Waals surface area contributed by atoms with Gasteiger partial charge in [-0.3, -0.25) is 4.79 Å². The Balaban J connectivity index is 2.65. The van der Waals surface area contributed by atoms with Crippen molar-refractivity contribution >= 4 is 11.8 Å². The minimum absolute atomic E-state index is 0.0113. The predicted molar refractivity (Wildman–Crippen MR) is 55.3 cm³/mol. The average Bonchev–Trinajstić information content (AvgIpc) is 2.43. The molecule has 1 aromatic rings. The van der Waals surface area contributed by atoms with Crippen LogP contribution in [0.1, 0.15) is 38.8 Å². The van der Waals surface area contributed by atoms with E-state index in [4.69, 9.17) is 5.11 Å². The van der Waals surface area contributed by atoms with Crippen LogP contribution in [0.5, 0.6) is 0 Å². The van der Waals surface area contributed by atoms with Gasteiger partial charge in [0, 0.05) is 11.5 Å². The molecule has 1 atom stereocenters. The molecule has 0 saturated heterocycles. The van der Waals surface area contributed by atoms with E-state index in [9.17, 15) is 9.59 Å². The molecule has 1 N–H and O–H groups in total. The van der Waals surface area contributed by atoms with E-state index in [-0.39, 0.29) is 17.3 Å². The van der Waals surface area contributed by atoms with Crippen molar-refractivity contribution in [3.63, 3.8) is 0 Å². The van der Waals surface area contributed by atoms with Crippen molar-refractivity contribution in [3.8, 4) is 0 Å². The number of carbonyl (C=O) groups excluding carboxylic acids is 1. The summed E-state index contributed by atoms with van der Waals surface area (Å²) in [6.07, 6.45) is 0.731. The van der Waals surface area contributed by atoms with Crippen LogP contribution in [0.3, 0.4) is 0 Å². The maximum atomic E-state index is 11.8. The second kappa shape index (κ2) is 3.19. The van der Waals surface area contributed by atoms with Crippen LogP contribution in [0.25, 0.3) is 0 Å². The van der Waals surface area contributed by atoms with Crippen LogP contribution >= 0.6 is 0 Å². The molecule has 0 spiro atoms. The van der Waals surface area contributed by atoms with Crippen LogP contribution in [0.2, 0.25) is 0 Å². The molecule has 3 nitrogen and oxygen atoms in total. The van der Waals surface area contributed by atoms with Crippen molar-refractivity contribution in [2.45, 2.75) is 20.3 Å². The molecular formula is C12H12O3. The highest BCUT2D eigenvalue weighted by Gasteiger charge is 2.30. The van der Waals surface area contributed by atoms with Crippen LogP contribution in [0, 0.1) is 12.8 Å². The fourth-order valence-corrected chi connectivity index (χ4v) is 2.18. The first kappa shape index (κ1) is 9.90. The summed E-state index contributed by atoms with van der Waals surface area (Å²) >= 11 is 0. The van der Waals surface area contributed by atoms with E-state index in [1.807, 2.05) is 6.92 Å². The van der Waals surface area contributed by atoms with Gasteiger partial charge < -0.3 is 5.11 Å².